The molecule has 4 rings (SSSR count). The van der Waals surface area contributed by atoms with Crippen molar-refractivity contribution in [3.8, 4) is 5.69 Å². The van der Waals surface area contributed by atoms with Gasteiger partial charge >= 0.3 is 0 Å². The highest BCUT2D eigenvalue weighted by molar-refractivity contribution is 5.79. The number of hydrogen-bond acceptors (Lipinski definition) is 4. The number of aromatic nitrogens is 3. The average Bonchev–Trinajstić information content (AvgIpc) is 3.35. The van der Waals surface area contributed by atoms with Crippen molar-refractivity contribution in [2.75, 3.05) is 20.1 Å². The second kappa shape index (κ2) is 6.96. The zero-order valence-electron chi connectivity index (χ0n) is 14.7. The van der Waals surface area contributed by atoms with Crippen molar-refractivity contribution in [2.45, 2.75) is 44.2 Å². The first kappa shape index (κ1) is 16.3. The smallest absolute Gasteiger partial charge is 0.229 e. The van der Waals surface area contributed by atoms with Gasteiger partial charge in [-0.1, -0.05) is 18.2 Å². The number of hydrogen-bond donors (Lipinski definition) is 0. The molecule has 6 nitrogen and oxygen atoms in total. The van der Waals surface area contributed by atoms with Crippen LogP contribution in [0.5, 0.6) is 0 Å². The Morgan fingerprint density at radius 1 is 1.12 bits per heavy atom. The summed E-state index contributed by atoms with van der Waals surface area (Å²) in [5, 5.41) is 8.78. The minimum atomic E-state index is 0.183. The predicted octanol–water partition coefficient (Wildman–Crippen LogP) is 1.89. The van der Waals surface area contributed by atoms with Crippen LogP contribution in [0.2, 0.25) is 0 Å². The Balaban J connectivity index is 1.44. The van der Waals surface area contributed by atoms with Crippen LogP contribution in [0.25, 0.3) is 5.69 Å². The van der Waals surface area contributed by atoms with E-state index in [1.165, 1.54) is 12.8 Å². The molecule has 0 saturated carbocycles. The Kier molecular flexibility index (Phi) is 4.53. The van der Waals surface area contributed by atoms with E-state index in [2.05, 4.69) is 27.0 Å². The Labute approximate surface area is 148 Å². The van der Waals surface area contributed by atoms with E-state index in [-0.39, 0.29) is 5.91 Å². The summed E-state index contributed by atoms with van der Waals surface area (Å²) < 4.78 is 0. The second-order valence-corrected chi connectivity index (χ2v) is 7.12. The summed E-state index contributed by atoms with van der Waals surface area (Å²) in [7, 11) is 2.18. The number of carbonyl (C=O) groups is 1. The fourth-order valence-electron chi connectivity index (χ4n) is 4.24. The monoisotopic (exact) mass is 339 g/mol. The Morgan fingerprint density at radius 2 is 1.88 bits per heavy atom. The lowest BCUT2D eigenvalue weighted by molar-refractivity contribution is -0.132. The third-order valence-corrected chi connectivity index (χ3v) is 5.50. The average molecular weight is 339 g/mol. The predicted molar refractivity (Wildman–Crippen MR) is 95.5 cm³/mol. The van der Waals surface area contributed by atoms with Crippen LogP contribution in [0.1, 0.15) is 31.4 Å². The quantitative estimate of drug-likeness (QED) is 0.854. The van der Waals surface area contributed by atoms with Crippen LogP contribution >= 0.6 is 0 Å². The molecule has 6 heteroatoms. The van der Waals surface area contributed by atoms with Gasteiger partial charge in [-0.15, -0.1) is 0 Å². The molecule has 0 aliphatic carbocycles. The molecule has 2 aliphatic rings. The molecule has 0 N–H and O–H groups in total. The van der Waals surface area contributed by atoms with Gasteiger partial charge in [0.05, 0.1) is 24.0 Å². The van der Waals surface area contributed by atoms with Gasteiger partial charge in [-0.3, -0.25) is 4.79 Å². The molecule has 1 aromatic heterocycles. The van der Waals surface area contributed by atoms with Crippen LogP contribution in [-0.4, -0.2) is 62.9 Å². The van der Waals surface area contributed by atoms with E-state index in [0.29, 0.717) is 18.5 Å². The van der Waals surface area contributed by atoms with Gasteiger partial charge in [0.25, 0.3) is 0 Å². The molecule has 0 radical (unpaired) electrons. The summed E-state index contributed by atoms with van der Waals surface area (Å²) in [6.45, 7) is 2.02. The molecular formula is C19H25N5O. The fourth-order valence-corrected chi connectivity index (χ4v) is 4.24. The molecule has 132 valence electrons. The van der Waals surface area contributed by atoms with Gasteiger partial charge in [-0.25, -0.2) is 0 Å². The first-order valence-electron chi connectivity index (χ1n) is 9.19. The molecule has 1 amide bonds. The van der Waals surface area contributed by atoms with E-state index < -0.39 is 0 Å². The number of nitrogens with zero attached hydrogens (tertiary/aromatic N) is 5. The van der Waals surface area contributed by atoms with Gasteiger partial charge in [-0.05, 0) is 51.4 Å². The van der Waals surface area contributed by atoms with Crippen LogP contribution in [0.4, 0.5) is 0 Å². The minimum absolute atomic E-state index is 0.183. The van der Waals surface area contributed by atoms with E-state index in [4.69, 9.17) is 0 Å². The zero-order valence-corrected chi connectivity index (χ0v) is 14.7. The molecule has 2 atom stereocenters. The van der Waals surface area contributed by atoms with Gasteiger partial charge in [-0.2, -0.15) is 15.0 Å². The largest absolute Gasteiger partial charge is 0.338 e. The SMILES string of the molecule is CN1CCC[C@@H]1[C@@H]1CCCN1C(=O)Cc1cnn(-c2ccccc2)n1. The molecule has 2 aromatic rings. The van der Waals surface area contributed by atoms with Gasteiger partial charge < -0.3 is 9.80 Å². The Hall–Kier alpha value is -2.21. The summed E-state index contributed by atoms with van der Waals surface area (Å²) >= 11 is 0. The lowest BCUT2D eigenvalue weighted by Gasteiger charge is -2.33. The van der Waals surface area contributed by atoms with Crippen molar-refractivity contribution in [1.29, 1.82) is 0 Å². The third-order valence-electron chi connectivity index (χ3n) is 5.50. The Bertz CT molecular complexity index is 728. The molecule has 0 spiro atoms. The van der Waals surface area contributed by atoms with Crippen molar-refractivity contribution in [3.05, 3.63) is 42.2 Å². The zero-order chi connectivity index (χ0) is 17.2. The highest BCUT2D eigenvalue weighted by atomic mass is 16.2. The number of para-hydroxylation sites is 1. The number of likely N-dealkylation sites (tertiary alicyclic amines) is 2. The summed E-state index contributed by atoms with van der Waals surface area (Å²) in [6, 6.07) is 10.7. The highest BCUT2D eigenvalue weighted by Crippen LogP contribution is 2.29. The molecule has 3 heterocycles. The molecule has 2 saturated heterocycles. The molecule has 1 aromatic carbocycles. The van der Waals surface area contributed by atoms with Crippen molar-refractivity contribution in [1.82, 2.24) is 24.8 Å². The summed E-state index contributed by atoms with van der Waals surface area (Å²) in [6.07, 6.45) is 6.71. The van der Waals surface area contributed by atoms with Crippen molar-refractivity contribution < 1.29 is 4.79 Å². The maximum Gasteiger partial charge on any atom is 0.229 e. The summed E-state index contributed by atoms with van der Waals surface area (Å²) in [5.74, 6) is 0.183. The van der Waals surface area contributed by atoms with E-state index >= 15 is 0 Å². The molecular weight excluding hydrogens is 314 g/mol. The Morgan fingerprint density at radius 3 is 2.64 bits per heavy atom. The standard InChI is InChI=1S/C19H25N5O/c1-22-11-5-9-17(22)18-10-6-12-23(18)19(25)13-15-14-20-24(21-15)16-7-3-2-4-8-16/h2-4,7-8,14,17-18H,5-6,9-13H2,1H3/t17-,18+/m1/s1. The molecule has 25 heavy (non-hydrogen) atoms. The number of amides is 1. The molecule has 2 fully saturated rings. The van der Waals surface area contributed by atoms with Crippen LogP contribution in [0.15, 0.2) is 36.5 Å². The van der Waals surface area contributed by atoms with Crippen LogP contribution in [0, 0.1) is 0 Å². The number of benzene rings is 1. The maximum atomic E-state index is 12.9. The van der Waals surface area contributed by atoms with E-state index in [1.54, 1.807) is 11.0 Å². The molecule has 0 bridgehead atoms. The maximum absolute atomic E-state index is 12.9. The lowest BCUT2D eigenvalue weighted by atomic mass is 10.0. The summed E-state index contributed by atoms with van der Waals surface area (Å²) in [5.41, 5.74) is 1.65. The number of likely N-dealkylation sites (N-methyl/N-ethyl adjacent to an activating group) is 1. The van der Waals surface area contributed by atoms with Crippen LogP contribution in [-0.2, 0) is 11.2 Å². The second-order valence-electron chi connectivity index (χ2n) is 7.12. The first-order chi connectivity index (χ1) is 12.2. The van der Waals surface area contributed by atoms with Crippen LogP contribution in [0.3, 0.4) is 0 Å². The third kappa shape index (κ3) is 3.31. The van der Waals surface area contributed by atoms with Crippen LogP contribution < -0.4 is 0 Å². The highest BCUT2D eigenvalue weighted by Gasteiger charge is 2.38. The first-order valence-corrected chi connectivity index (χ1v) is 9.19. The number of carbonyl (C=O) groups excluding carboxylic acids is 1. The normalized spacial score (nSPS) is 24.1. The topological polar surface area (TPSA) is 54.3 Å². The van der Waals surface area contributed by atoms with Crippen molar-refractivity contribution >= 4 is 5.91 Å². The molecule has 0 unspecified atom stereocenters. The number of rotatable bonds is 4. The van der Waals surface area contributed by atoms with Crippen molar-refractivity contribution in [3.63, 3.8) is 0 Å². The van der Waals surface area contributed by atoms with E-state index in [1.807, 2.05) is 30.3 Å². The molecule has 2 aliphatic heterocycles. The van der Waals surface area contributed by atoms with Gasteiger partial charge in [0.2, 0.25) is 5.91 Å². The summed E-state index contributed by atoms with van der Waals surface area (Å²) in [4.78, 5) is 19.0. The lowest BCUT2D eigenvalue weighted by Crippen LogP contribution is -2.47. The van der Waals surface area contributed by atoms with Gasteiger partial charge in [0, 0.05) is 18.6 Å². The van der Waals surface area contributed by atoms with E-state index in [0.717, 1.165) is 37.3 Å². The van der Waals surface area contributed by atoms with Crippen molar-refractivity contribution in [2.24, 2.45) is 0 Å². The van der Waals surface area contributed by atoms with Gasteiger partial charge in [0.15, 0.2) is 0 Å². The van der Waals surface area contributed by atoms with E-state index in [9.17, 15) is 4.79 Å². The minimum Gasteiger partial charge on any atom is -0.338 e. The fraction of sp³-hybridized carbons (Fsp3) is 0.526. The van der Waals surface area contributed by atoms with Gasteiger partial charge in [0.1, 0.15) is 0 Å².